The van der Waals surface area contributed by atoms with Crippen LogP contribution in [0.5, 0.6) is 0 Å². The molecule has 2 heterocycles. The Morgan fingerprint density at radius 3 is 3.11 bits per heavy atom. The van der Waals surface area contributed by atoms with Gasteiger partial charge in [0.05, 0.1) is 5.02 Å². The average molecular weight is 283 g/mol. The molecule has 5 heteroatoms. The zero-order valence-electron chi connectivity index (χ0n) is 10.6. The van der Waals surface area contributed by atoms with Crippen molar-refractivity contribution in [3.63, 3.8) is 0 Å². The van der Waals surface area contributed by atoms with Crippen molar-refractivity contribution in [2.24, 2.45) is 0 Å². The molecular formula is C14H16ClFN2O. The van der Waals surface area contributed by atoms with Crippen molar-refractivity contribution in [2.45, 2.75) is 38.1 Å². The summed E-state index contributed by atoms with van der Waals surface area (Å²) in [6.07, 6.45) is 5.53. The van der Waals surface area contributed by atoms with Gasteiger partial charge in [-0.05, 0) is 31.9 Å². The molecule has 19 heavy (non-hydrogen) atoms. The predicted octanol–water partition coefficient (Wildman–Crippen LogP) is 3.70. The molecule has 0 aliphatic carbocycles. The minimum Gasteiger partial charge on any atom is -0.441 e. The summed E-state index contributed by atoms with van der Waals surface area (Å²) in [5, 5.41) is 3.58. The van der Waals surface area contributed by atoms with Gasteiger partial charge < -0.3 is 9.73 Å². The van der Waals surface area contributed by atoms with Crippen LogP contribution in [-0.4, -0.2) is 17.6 Å². The number of aryl methyl sites for hydroxylation is 1. The largest absolute Gasteiger partial charge is 0.441 e. The van der Waals surface area contributed by atoms with Crippen LogP contribution in [0, 0.1) is 5.82 Å². The average Bonchev–Trinajstić information content (AvgIpc) is 2.80. The molecule has 3 nitrogen and oxygen atoms in total. The van der Waals surface area contributed by atoms with Crippen LogP contribution in [0.4, 0.5) is 4.39 Å². The van der Waals surface area contributed by atoms with E-state index in [1.165, 1.54) is 31.4 Å². The van der Waals surface area contributed by atoms with E-state index in [1.807, 2.05) is 0 Å². The third kappa shape index (κ3) is 2.90. The van der Waals surface area contributed by atoms with Crippen LogP contribution in [0.25, 0.3) is 11.1 Å². The van der Waals surface area contributed by atoms with Crippen molar-refractivity contribution in [3.05, 3.63) is 28.9 Å². The van der Waals surface area contributed by atoms with Crippen molar-refractivity contribution in [1.29, 1.82) is 0 Å². The van der Waals surface area contributed by atoms with Crippen LogP contribution < -0.4 is 5.32 Å². The minimum absolute atomic E-state index is 0.0845. The topological polar surface area (TPSA) is 38.1 Å². The maximum Gasteiger partial charge on any atom is 0.195 e. The SMILES string of the molecule is Fc1cc2oc(CCC3CCCCN3)nc2cc1Cl. The maximum atomic E-state index is 13.3. The fraction of sp³-hybridized carbons (Fsp3) is 0.500. The second kappa shape index (κ2) is 5.47. The highest BCUT2D eigenvalue weighted by atomic mass is 35.5. The summed E-state index contributed by atoms with van der Waals surface area (Å²) in [6, 6.07) is 3.36. The summed E-state index contributed by atoms with van der Waals surface area (Å²) in [7, 11) is 0. The van der Waals surface area contributed by atoms with E-state index in [0.29, 0.717) is 23.0 Å². The Hall–Kier alpha value is -1.13. The molecule has 0 spiro atoms. The van der Waals surface area contributed by atoms with E-state index in [-0.39, 0.29) is 5.02 Å². The van der Waals surface area contributed by atoms with E-state index in [0.717, 1.165) is 19.4 Å². The van der Waals surface area contributed by atoms with Crippen LogP contribution in [0.3, 0.4) is 0 Å². The fourth-order valence-electron chi connectivity index (χ4n) is 2.55. The third-order valence-corrected chi connectivity index (χ3v) is 3.88. The molecule has 1 aliphatic heterocycles. The molecule has 1 atom stereocenters. The Morgan fingerprint density at radius 2 is 2.32 bits per heavy atom. The van der Waals surface area contributed by atoms with E-state index < -0.39 is 5.82 Å². The van der Waals surface area contributed by atoms with Crippen LogP contribution in [0.15, 0.2) is 16.5 Å². The summed E-state index contributed by atoms with van der Waals surface area (Å²) in [5.41, 5.74) is 1.09. The van der Waals surface area contributed by atoms with Crippen LogP contribution >= 0.6 is 11.6 Å². The van der Waals surface area contributed by atoms with Gasteiger partial charge in [0.25, 0.3) is 0 Å². The Labute approximate surface area is 116 Å². The lowest BCUT2D eigenvalue weighted by molar-refractivity contribution is 0.371. The Bertz CT molecular complexity index is 539. The molecule has 2 aromatic rings. The smallest absolute Gasteiger partial charge is 0.195 e. The van der Waals surface area contributed by atoms with E-state index >= 15 is 0 Å². The zero-order chi connectivity index (χ0) is 13.2. The fourth-order valence-corrected chi connectivity index (χ4v) is 2.70. The molecular weight excluding hydrogens is 267 g/mol. The number of halogens is 2. The van der Waals surface area contributed by atoms with Gasteiger partial charge in [0.1, 0.15) is 11.3 Å². The van der Waals surface area contributed by atoms with Gasteiger partial charge in [-0.3, -0.25) is 0 Å². The molecule has 1 fully saturated rings. The number of hydrogen-bond donors (Lipinski definition) is 1. The second-order valence-corrected chi connectivity index (χ2v) is 5.43. The summed E-state index contributed by atoms with van der Waals surface area (Å²) in [6.45, 7) is 1.10. The van der Waals surface area contributed by atoms with Crippen LogP contribution in [-0.2, 0) is 6.42 Å². The number of aromatic nitrogens is 1. The summed E-state index contributed by atoms with van der Waals surface area (Å²) >= 11 is 5.73. The molecule has 1 aliphatic rings. The van der Waals surface area contributed by atoms with Gasteiger partial charge in [-0.25, -0.2) is 9.37 Å². The molecule has 1 saturated heterocycles. The first-order valence-electron chi connectivity index (χ1n) is 6.70. The Morgan fingerprint density at radius 1 is 1.42 bits per heavy atom. The monoisotopic (exact) mass is 282 g/mol. The molecule has 1 aromatic heterocycles. The first-order chi connectivity index (χ1) is 9.22. The standard InChI is InChI=1S/C14H16ClFN2O/c15-10-7-12-13(8-11(10)16)19-14(18-12)5-4-9-3-1-2-6-17-9/h7-9,17H,1-6H2. The summed E-state index contributed by atoms with van der Waals surface area (Å²) < 4.78 is 18.9. The molecule has 1 N–H and O–H groups in total. The highest BCUT2D eigenvalue weighted by Gasteiger charge is 2.15. The quantitative estimate of drug-likeness (QED) is 0.933. The first-order valence-corrected chi connectivity index (χ1v) is 7.08. The van der Waals surface area contributed by atoms with Crippen molar-refractivity contribution in [3.8, 4) is 0 Å². The van der Waals surface area contributed by atoms with Crippen LogP contribution in [0.2, 0.25) is 5.02 Å². The number of piperidine rings is 1. The number of oxazole rings is 1. The minimum atomic E-state index is -0.467. The van der Waals surface area contributed by atoms with Gasteiger partial charge >= 0.3 is 0 Å². The number of nitrogens with one attached hydrogen (secondary N) is 1. The summed E-state index contributed by atoms with van der Waals surface area (Å²) in [5.74, 6) is 0.190. The van der Waals surface area contributed by atoms with Gasteiger partial charge in [0.15, 0.2) is 11.5 Å². The maximum absolute atomic E-state index is 13.3. The molecule has 0 saturated carbocycles. The van der Waals surface area contributed by atoms with E-state index in [9.17, 15) is 4.39 Å². The Balaban J connectivity index is 1.70. The molecule has 1 unspecified atom stereocenters. The van der Waals surface area contributed by atoms with Crippen molar-refractivity contribution in [2.75, 3.05) is 6.54 Å². The first kappa shape index (κ1) is 12.9. The van der Waals surface area contributed by atoms with Crippen molar-refractivity contribution >= 4 is 22.7 Å². The highest BCUT2D eigenvalue weighted by molar-refractivity contribution is 6.31. The van der Waals surface area contributed by atoms with Crippen LogP contribution in [0.1, 0.15) is 31.6 Å². The molecule has 102 valence electrons. The van der Waals surface area contributed by atoms with Gasteiger partial charge in [-0.2, -0.15) is 0 Å². The third-order valence-electron chi connectivity index (χ3n) is 3.59. The van der Waals surface area contributed by atoms with E-state index in [4.69, 9.17) is 16.0 Å². The molecule has 0 bridgehead atoms. The zero-order valence-corrected chi connectivity index (χ0v) is 11.3. The Kier molecular flexibility index (Phi) is 3.71. The van der Waals surface area contributed by atoms with Gasteiger partial charge in [0.2, 0.25) is 0 Å². The second-order valence-electron chi connectivity index (χ2n) is 5.03. The number of fused-ring (bicyclic) bond motifs is 1. The molecule has 0 amide bonds. The number of nitrogens with zero attached hydrogens (tertiary/aromatic N) is 1. The molecule has 3 rings (SSSR count). The van der Waals surface area contributed by atoms with Gasteiger partial charge in [-0.15, -0.1) is 0 Å². The highest BCUT2D eigenvalue weighted by Crippen LogP contribution is 2.24. The number of benzene rings is 1. The van der Waals surface area contributed by atoms with Gasteiger partial charge in [-0.1, -0.05) is 18.0 Å². The lowest BCUT2D eigenvalue weighted by Crippen LogP contribution is -2.34. The normalized spacial score (nSPS) is 20.0. The number of hydrogen-bond acceptors (Lipinski definition) is 3. The van der Waals surface area contributed by atoms with E-state index in [2.05, 4.69) is 10.3 Å². The lowest BCUT2D eigenvalue weighted by Gasteiger charge is -2.22. The predicted molar refractivity (Wildman–Crippen MR) is 72.9 cm³/mol. The summed E-state index contributed by atoms with van der Waals surface area (Å²) in [4.78, 5) is 4.35. The number of rotatable bonds is 3. The van der Waals surface area contributed by atoms with Gasteiger partial charge in [0, 0.05) is 18.5 Å². The lowest BCUT2D eigenvalue weighted by atomic mass is 10.0. The van der Waals surface area contributed by atoms with Crippen molar-refractivity contribution in [1.82, 2.24) is 10.3 Å². The molecule has 1 aromatic carbocycles. The van der Waals surface area contributed by atoms with E-state index in [1.54, 1.807) is 0 Å². The van der Waals surface area contributed by atoms with Crippen molar-refractivity contribution < 1.29 is 8.81 Å². The molecule has 0 radical (unpaired) electrons.